The largest absolute Gasteiger partial charge is 0.328 e. The summed E-state index contributed by atoms with van der Waals surface area (Å²) in [5.74, 6) is 0.913. The lowest BCUT2D eigenvalue weighted by Crippen LogP contribution is -2.36. The lowest BCUT2D eigenvalue weighted by Gasteiger charge is -2.31. The molecule has 1 saturated heterocycles. The van der Waals surface area contributed by atoms with Gasteiger partial charge in [0.15, 0.2) is 0 Å². The highest BCUT2D eigenvalue weighted by molar-refractivity contribution is 4.72. The molecule has 0 aromatic rings. The Kier molecular flexibility index (Phi) is 6.32. The maximum Gasteiger partial charge on any atom is 0.00109 e. The van der Waals surface area contributed by atoms with Crippen LogP contribution < -0.4 is 5.73 Å². The number of hydrogen-bond donors (Lipinski definition) is 1. The Labute approximate surface area is 101 Å². The van der Waals surface area contributed by atoms with Crippen molar-refractivity contribution in [3.8, 4) is 0 Å². The molecular weight excluding hydrogens is 198 g/mol. The van der Waals surface area contributed by atoms with Crippen molar-refractivity contribution in [1.82, 2.24) is 9.80 Å². The predicted molar refractivity (Wildman–Crippen MR) is 70.6 cm³/mol. The van der Waals surface area contributed by atoms with Crippen molar-refractivity contribution >= 4 is 0 Å². The van der Waals surface area contributed by atoms with Crippen molar-refractivity contribution in [2.75, 3.05) is 40.3 Å². The molecule has 1 fully saturated rings. The third kappa shape index (κ3) is 5.83. The fourth-order valence-electron chi connectivity index (χ4n) is 2.46. The summed E-state index contributed by atoms with van der Waals surface area (Å²) in [6.07, 6.45) is 5.13. The maximum atomic E-state index is 5.75. The van der Waals surface area contributed by atoms with Gasteiger partial charge < -0.3 is 15.5 Å². The van der Waals surface area contributed by atoms with E-state index in [9.17, 15) is 0 Å². The molecule has 1 rings (SSSR count). The summed E-state index contributed by atoms with van der Waals surface area (Å²) in [5.41, 5.74) is 5.75. The van der Waals surface area contributed by atoms with Crippen LogP contribution in [0, 0.1) is 5.92 Å². The van der Waals surface area contributed by atoms with E-state index in [0.717, 1.165) is 12.3 Å². The van der Waals surface area contributed by atoms with Crippen LogP contribution in [0.5, 0.6) is 0 Å². The lowest BCUT2D eigenvalue weighted by atomic mass is 9.96. The first-order valence-electron chi connectivity index (χ1n) is 6.70. The molecule has 3 nitrogen and oxygen atoms in total. The number of rotatable bonds is 6. The fraction of sp³-hybridized carbons (Fsp3) is 1.00. The minimum atomic E-state index is 0.358. The number of likely N-dealkylation sites (tertiary alicyclic amines) is 1. The molecule has 1 aliphatic heterocycles. The van der Waals surface area contributed by atoms with Crippen molar-refractivity contribution in [1.29, 1.82) is 0 Å². The standard InChI is InChI=1S/C13H29N3/c1-12(14)5-4-8-16(3)11-13-6-9-15(2)10-7-13/h12-13H,4-11,14H2,1-3H3. The first-order valence-corrected chi connectivity index (χ1v) is 6.70. The summed E-state index contributed by atoms with van der Waals surface area (Å²) in [5, 5.41) is 0. The summed E-state index contributed by atoms with van der Waals surface area (Å²) in [6.45, 7) is 7.12. The first kappa shape index (κ1) is 13.9. The van der Waals surface area contributed by atoms with Crippen LogP contribution in [0.15, 0.2) is 0 Å². The molecule has 0 bridgehead atoms. The minimum Gasteiger partial charge on any atom is -0.328 e. The van der Waals surface area contributed by atoms with Crippen LogP contribution in [0.4, 0.5) is 0 Å². The molecule has 96 valence electrons. The number of piperidine rings is 1. The SMILES string of the molecule is CC(N)CCCN(C)CC1CCN(C)CC1. The number of nitrogens with zero attached hydrogens (tertiary/aromatic N) is 2. The summed E-state index contributed by atoms with van der Waals surface area (Å²) < 4.78 is 0. The lowest BCUT2D eigenvalue weighted by molar-refractivity contribution is 0.175. The molecule has 0 amide bonds. The van der Waals surface area contributed by atoms with Gasteiger partial charge >= 0.3 is 0 Å². The molecule has 0 aliphatic carbocycles. The van der Waals surface area contributed by atoms with Gasteiger partial charge in [-0.15, -0.1) is 0 Å². The third-order valence-corrected chi connectivity index (χ3v) is 3.61. The molecule has 1 heterocycles. The molecule has 3 heteroatoms. The van der Waals surface area contributed by atoms with E-state index < -0.39 is 0 Å². The predicted octanol–water partition coefficient (Wildman–Crippen LogP) is 1.39. The normalized spacial score (nSPS) is 21.6. The second-order valence-corrected chi connectivity index (χ2v) is 5.63. The van der Waals surface area contributed by atoms with Crippen LogP contribution in [0.2, 0.25) is 0 Å². The van der Waals surface area contributed by atoms with Gasteiger partial charge in [0.2, 0.25) is 0 Å². The van der Waals surface area contributed by atoms with E-state index in [1.54, 1.807) is 0 Å². The van der Waals surface area contributed by atoms with Gasteiger partial charge in [-0.3, -0.25) is 0 Å². The molecule has 0 saturated carbocycles. The molecule has 16 heavy (non-hydrogen) atoms. The van der Waals surface area contributed by atoms with Crippen molar-refractivity contribution in [2.24, 2.45) is 11.7 Å². The van der Waals surface area contributed by atoms with Crippen LogP contribution in [-0.2, 0) is 0 Å². The van der Waals surface area contributed by atoms with Gasteiger partial charge in [-0.1, -0.05) is 0 Å². The fourth-order valence-corrected chi connectivity index (χ4v) is 2.46. The third-order valence-electron chi connectivity index (χ3n) is 3.61. The quantitative estimate of drug-likeness (QED) is 0.744. The van der Waals surface area contributed by atoms with Crippen LogP contribution in [0.3, 0.4) is 0 Å². The number of nitrogens with two attached hydrogens (primary N) is 1. The van der Waals surface area contributed by atoms with E-state index in [1.807, 2.05) is 0 Å². The molecule has 1 aliphatic rings. The average molecular weight is 227 g/mol. The highest BCUT2D eigenvalue weighted by atomic mass is 15.1. The first-order chi connectivity index (χ1) is 7.58. The summed E-state index contributed by atoms with van der Waals surface area (Å²) >= 11 is 0. The zero-order valence-electron chi connectivity index (χ0n) is 11.3. The Morgan fingerprint density at radius 3 is 2.56 bits per heavy atom. The summed E-state index contributed by atoms with van der Waals surface area (Å²) in [6, 6.07) is 0.358. The van der Waals surface area contributed by atoms with Crippen molar-refractivity contribution in [2.45, 2.75) is 38.6 Å². The second kappa shape index (κ2) is 7.25. The van der Waals surface area contributed by atoms with Gasteiger partial charge in [-0.05, 0) is 72.3 Å². The van der Waals surface area contributed by atoms with Crippen molar-refractivity contribution in [3.05, 3.63) is 0 Å². The van der Waals surface area contributed by atoms with Gasteiger partial charge in [0.1, 0.15) is 0 Å². The van der Waals surface area contributed by atoms with Crippen molar-refractivity contribution < 1.29 is 0 Å². The van der Waals surface area contributed by atoms with Gasteiger partial charge in [-0.25, -0.2) is 0 Å². The summed E-state index contributed by atoms with van der Waals surface area (Å²) in [7, 11) is 4.47. The van der Waals surface area contributed by atoms with Gasteiger partial charge in [0.25, 0.3) is 0 Å². The molecule has 1 unspecified atom stereocenters. The maximum absolute atomic E-state index is 5.75. The van der Waals surface area contributed by atoms with E-state index in [1.165, 1.54) is 45.4 Å². The molecular formula is C13H29N3. The van der Waals surface area contributed by atoms with E-state index >= 15 is 0 Å². The Bertz CT molecular complexity index is 174. The Morgan fingerprint density at radius 1 is 1.38 bits per heavy atom. The smallest absolute Gasteiger partial charge is 0.00109 e. The molecule has 0 radical (unpaired) electrons. The van der Waals surface area contributed by atoms with Gasteiger partial charge in [-0.2, -0.15) is 0 Å². The topological polar surface area (TPSA) is 32.5 Å². The molecule has 1 atom stereocenters. The van der Waals surface area contributed by atoms with E-state index in [0.29, 0.717) is 6.04 Å². The monoisotopic (exact) mass is 227 g/mol. The minimum absolute atomic E-state index is 0.358. The van der Waals surface area contributed by atoms with Crippen LogP contribution >= 0.6 is 0 Å². The molecule has 0 aromatic carbocycles. The van der Waals surface area contributed by atoms with Crippen LogP contribution in [-0.4, -0.2) is 56.1 Å². The van der Waals surface area contributed by atoms with E-state index in [2.05, 4.69) is 30.8 Å². The van der Waals surface area contributed by atoms with Crippen LogP contribution in [0.1, 0.15) is 32.6 Å². The molecule has 0 aromatic heterocycles. The molecule has 2 N–H and O–H groups in total. The Balaban J connectivity index is 2.07. The Morgan fingerprint density at radius 2 is 2.00 bits per heavy atom. The summed E-state index contributed by atoms with van der Waals surface area (Å²) in [4.78, 5) is 4.92. The zero-order valence-corrected chi connectivity index (χ0v) is 11.3. The van der Waals surface area contributed by atoms with E-state index in [-0.39, 0.29) is 0 Å². The number of hydrogen-bond acceptors (Lipinski definition) is 3. The van der Waals surface area contributed by atoms with Gasteiger partial charge in [0, 0.05) is 12.6 Å². The van der Waals surface area contributed by atoms with E-state index in [4.69, 9.17) is 5.73 Å². The molecule has 0 spiro atoms. The second-order valence-electron chi connectivity index (χ2n) is 5.63. The zero-order chi connectivity index (χ0) is 12.0. The van der Waals surface area contributed by atoms with Gasteiger partial charge in [0.05, 0.1) is 0 Å². The van der Waals surface area contributed by atoms with Crippen molar-refractivity contribution in [3.63, 3.8) is 0 Å². The highest BCUT2D eigenvalue weighted by Crippen LogP contribution is 2.16. The van der Waals surface area contributed by atoms with Crippen LogP contribution in [0.25, 0.3) is 0 Å². The average Bonchev–Trinajstić information content (AvgIpc) is 2.21. The highest BCUT2D eigenvalue weighted by Gasteiger charge is 2.17. The Hall–Kier alpha value is -0.120.